The van der Waals surface area contributed by atoms with Gasteiger partial charge in [0, 0.05) is 0 Å². The lowest BCUT2D eigenvalue weighted by atomic mass is 10.0. The van der Waals surface area contributed by atoms with E-state index in [4.69, 9.17) is 0 Å². The largest absolute Gasteiger partial charge is 0.274 e. The normalized spacial score (nSPS) is 12.6. The monoisotopic (exact) mass is 356 g/mol. The molecular weight excluding hydrogens is 340 g/mol. The van der Waals surface area contributed by atoms with Crippen LogP contribution in [0.4, 0.5) is 0 Å². The average Bonchev–Trinajstić information content (AvgIpc) is 3.12. The lowest BCUT2D eigenvalue weighted by Gasteiger charge is -2.00. The molecule has 0 N–H and O–H groups in total. The molecule has 126 valence electrons. The van der Waals surface area contributed by atoms with E-state index in [0.717, 1.165) is 26.9 Å². The molecule has 5 aromatic rings. The molecule has 0 radical (unpaired) electrons. The van der Waals surface area contributed by atoms with Crippen molar-refractivity contribution in [3.8, 4) is 0 Å². The van der Waals surface area contributed by atoms with Gasteiger partial charge in [-0.3, -0.25) is 4.79 Å². The van der Waals surface area contributed by atoms with Crippen molar-refractivity contribution in [1.82, 2.24) is 9.38 Å². The zero-order valence-electron chi connectivity index (χ0n) is 14.5. The van der Waals surface area contributed by atoms with Crippen molar-refractivity contribution in [2.75, 3.05) is 0 Å². The highest BCUT2D eigenvalue weighted by Crippen LogP contribution is 2.22. The van der Waals surface area contributed by atoms with Crippen LogP contribution in [0.2, 0.25) is 0 Å². The smallest absolute Gasteiger partial charge is 0.267 e. The van der Waals surface area contributed by atoms with Crippen molar-refractivity contribution in [3.63, 3.8) is 0 Å². The Morgan fingerprint density at radius 3 is 2.65 bits per heavy atom. The van der Waals surface area contributed by atoms with Crippen LogP contribution in [0, 0.1) is 13.8 Å². The standard InChI is InChI=1S/C22H16N2OS/c1-13-10-18-19(11-14(13)2)24-21(25)20(26-22(24)23-18)12-16-8-5-7-15-6-3-4-9-17(15)16/h3-12H,1-2H3/b20-12-. The molecule has 4 heteroatoms. The quantitative estimate of drug-likeness (QED) is 0.450. The van der Waals surface area contributed by atoms with Gasteiger partial charge in [-0.05, 0) is 59.5 Å². The molecule has 2 aromatic heterocycles. The zero-order chi connectivity index (χ0) is 17.8. The van der Waals surface area contributed by atoms with Crippen molar-refractivity contribution in [1.29, 1.82) is 0 Å². The van der Waals surface area contributed by atoms with Gasteiger partial charge >= 0.3 is 0 Å². The summed E-state index contributed by atoms with van der Waals surface area (Å²) >= 11 is 1.45. The molecule has 3 nitrogen and oxygen atoms in total. The molecule has 0 bridgehead atoms. The Hall–Kier alpha value is -2.98. The highest BCUT2D eigenvalue weighted by Gasteiger charge is 2.12. The molecule has 0 saturated heterocycles. The molecule has 0 saturated carbocycles. The number of benzene rings is 3. The van der Waals surface area contributed by atoms with E-state index in [1.54, 1.807) is 4.40 Å². The van der Waals surface area contributed by atoms with Crippen molar-refractivity contribution >= 4 is 44.2 Å². The van der Waals surface area contributed by atoms with Gasteiger partial charge in [-0.15, -0.1) is 0 Å². The van der Waals surface area contributed by atoms with Crippen LogP contribution in [0.1, 0.15) is 16.7 Å². The Balaban J connectivity index is 1.82. The summed E-state index contributed by atoms with van der Waals surface area (Å²) in [4.78, 5) is 18.5. The maximum absolute atomic E-state index is 13.0. The number of imidazole rings is 1. The van der Waals surface area contributed by atoms with Gasteiger partial charge in [-0.25, -0.2) is 9.38 Å². The number of aryl methyl sites for hydroxylation is 2. The highest BCUT2D eigenvalue weighted by atomic mass is 32.1. The predicted octanol–water partition coefficient (Wildman–Crippen LogP) is 4.23. The molecule has 3 aromatic carbocycles. The van der Waals surface area contributed by atoms with E-state index in [1.807, 2.05) is 24.3 Å². The van der Waals surface area contributed by atoms with E-state index < -0.39 is 0 Å². The van der Waals surface area contributed by atoms with E-state index >= 15 is 0 Å². The summed E-state index contributed by atoms with van der Waals surface area (Å²) in [6.45, 7) is 4.13. The topological polar surface area (TPSA) is 34.4 Å². The molecule has 0 fully saturated rings. The van der Waals surface area contributed by atoms with Gasteiger partial charge in [0.05, 0.1) is 15.6 Å². The van der Waals surface area contributed by atoms with Crippen LogP contribution in [0.15, 0.2) is 59.4 Å². The third-order valence-corrected chi connectivity index (χ3v) is 5.93. The lowest BCUT2D eigenvalue weighted by Crippen LogP contribution is -2.22. The molecule has 0 spiro atoms. The van der Waals surface area contributed by atoms with Crippen LogP contribution in [-0.2, 0) is 0 Å². The fraction of sp³-hybridized carbons (Fsp3) is 0.0909. The first-order valence-corrected chi connectivity index (χ1v) is 9.35. The van der Waals surface area contributed by atoms with Crippen LogP contribution < -0.4 is 10.1 Å². The second-order valence-electron chi connectivity index (χ2n) is 6.64. The predicted molar refractivity (Wildman–Crippen MR) is 109 cm³/mol. The molecule has 0 aliphatic heterocycles. The number of fused-ring (bicyclic) bond motifs is 4. The number of hydrogen-bond donors (Lipinski definition) is 0. The highest BCUT2D eigenvalue weighted by molar-refractivity contribution is 7.15. The number of thiazole rings is 1. The Bertz CT molecular complexity index is 1420. The molecule has 0 aliphatic carbocycles. The number of nitrogens with zero attached hydrogens (tertiary/aromatic N) is 2. The first-order chi connectivity index (χ1) is 12.6. The maximum atomic E-state index is 13.0. The van der Waals surface area contributed by atoms with Gasteiger partial charge in [-0.2, -0.15) is 0 Å². The summed E-state index contributed by atoms with van der Waals surface area (Å²) in [7, 11) is 0. The third kappa shape index (κ3) is 2.19. The molecule has 2 heterocycles. The maximum Gasteiger partial charge on any atom is 0.274 e. The fourth-order valence-corrected chi connectivity index (χ4v) is 4.41. The minimum atomic E-state index is 0.00341. The second kappa shape index (κ2) is 5.51. The summed E-state index contributed by atoms with van der Waals surface area (Å²) in [6.07, 6.45) is 1.98. The van der Waals surface area contributed by atoms with Gasteiger partial charge in [0.2, 0.25) is 0 Å². The van der Waals surface area contributed by atoms with Gasteiger partial charge in [0.25, 0.3) is 5.56 Å². The molecule has 0 atom stereocenters. The summed E-state index contributed by atoms with van der Waals surface area (Å²) in [5, 5.41) is 2.32. The van der Waals surface area contributed by atoms with Crippen molar-refractivity contribution in [2.45, 2.75) is 13.8 Å². The minimum absolute atomic E-state index is 0.00341. The summed E-state index contributed by atoms with van der Waals surface area (Å²) in [5.41, 5.74) is 5.20. The van der Waals surface area contributed by atoms with Gasteiger partial charge in [-0.1, -0.05) is 53.8 Å². The second-order valence-corrected chi connectivity index (χ2v) is 7.65. The first kappa shape index (κ1) is 15.3. The first-order valence-electron chi connectivity index (χ1n) is 8.53. The molecule has 5 rings (SSSR count). The fourth-order valence-electron chi connectivity index (χ4n) is 3.44. The van der Waals surface area contributed by atoms with E-state index in [0.29, 0.717) is 4.53 Å². The van der Waals surface area contributed by atoms with Crippen molar-refractivity contribution in [2.24, 2.45) is 0 Å². The number of aromatic nitrogens is 2. The molecule has 26 heavy (non-hydrogen) atoms. The Morgan fingerprint density at radius 1 is 1.00 bits per heavy atom. The van der Waals surface area contributed by atoms with E-state index in [-0.39, 0.29) is 5.56 Å². The van der Waals surface area contributed by atoms with Crippen LogP contribution in [0.25, 0.3) is 32.8 Å². The lowest BCUT2D eigenvalue weighted by molar-refractivity contribution is 1.18. The van der Waals surface area contributed by atoms with Gasteiger partial charge in [0.1, 0.15) is 0 Å². The average molecular weight is 356 g/mol. The molecule has 0 aliphatic rings. The Morgan fingerprint density at radius 2 is 1.77 bits per heavy atom. The molecular formula is C22H16N2OS. The van der Waals surface area contributed by atoms with Crippen LogP contribution in [0.3, 0.4) is 0 Å². The summed E-state index contributed by atoms with van der Waals surface area (Å²) in [6, 6.07) is 18.5. The van der Waals surface area contributed by atoms with E-state index in [1.165, 1.54) is 27.8 Å². The number of rotatable bonds is 1. The van der Waals surface area contributed by atoms with Crippen molar-refractivity contribution < 1.29 is 0 Å². The van der Waals surface area contributed by atoms with E-state index in [9.17, 15) is 4.79 Å². The SMILES string of the molecule is Cc1cc2nc3s/c(=C\c4cccc5ccccc45)c(=O)n3c2cc1C. The Labute approximate surface area is 153 Å². The van der Waals surface area contributed by atoms with E-state index in [2.05, 4.69) is 55.2 Å². The van der Waals surface area contributed by atoms with Crippen LogP contribution in [-0.4, -0.2) is 9.38 Å². The summed E-state index contributed by atoms with van der Waals surface area (Å²) in [5.74, 6) is 0. The molecule has 0 amide bonds. The zero-order valence-corrected chi connectivity index (χ0v) is 15.3. The Kier molecular flexibility index (Phi) is 3.24. The summed E-state index contributed by atoms with van der Waals surface area (Å²) < 4.78 is 2.45. The van der Waals surface area contributed by atoms with Crippen LogP contribution in [0.5, 0.6) is 0 Å². The van der Waals surface area contributed by atoms with Gasteiger partial charge in [0.15, 0.2) is 4.96 Å². The third-order valence-electron chi connectivity index (χ3n) is 4.96. The molecule has 0 unspecified atom stereocenters. The van der Waals surface area contributed by atoms with Gasteiger partial charge < -0.3 is 0 Å². The van der Waals surface area contributed by atoms with Crippen LogP contribution >= 0.6 is 11.3 Å². The number of hydrogen-bond acceptors (Lipinski definition) is 3. The minimum Gasteiger partial charge on any atom is -0.267 e. The van der Waals surface area contributed by atoms with Crippen molar-refractivity contribution in [3.05, 3.63) is 86.2 Å².